The Bertz CT molecular complexity index is 3000. The van der Waals surface area contributed by atoms with Crippen LogP contribution >= 0.6 is 0 Å². The summed E-state index contributed by atoms with van der Waals surface area (Å²) < 4.78 is 6.82. The number of hydrogen-bond donors (Lipinski definition) is 0. The van der Waals surface area contributed by atoms with Gasteiger partial charge in [-0.2, -0.15) is 0 Å². The maximum atomic E-state index is 6.82. The molecule has 0 saturated carbocycles. The number of para-hydroxylation sites is 3. The van der Waals surface area contributed by atoms with Crippen molar-refractivity contribution in [1.82, 2.24) is 0 Å². The third kappa shape index (κ3) is 4.68. The van der Waals surface area contributed by atoms with Crippen molar-refractivity contribution < 1.29 is 4.42 Å². The Labute approximate surface area is 320 Å². The van der Waals surface area contributed by atoms with Crippen molar-refractivity contribution in [2.24, 2.45) is 0 Å². The van der Waals surface area contributed by atoms with Crippen LogP contribution in [0.2, 0.25) is 0 Å². The first-order chi connectivity index (χ1) is 27.3. The first kappa shape index (κ1) is 31.4. The van der Waals surface area contributed by atoms with Crippen molar-refractivity contribution in [2.75, 3.05) is 4.90 Å². The Morgan fingerprint density at radius 2 is 0.927 bits per heavy atom. The molecular formula is C53H35NO. The van der Waals surface area contributed by atoms with E-state index in [2.05, 4.69) is 217 Å². The molecule has 1 aromatic heterocycles. The number of benzene rings is 9. The Balaban J connectivity index is 1.20. The lowest BCUT2D eigenvalue weighted by atomic mass is 9.68. The Morgan fingerprint density at radius 1 is 0.382 bits per heavy atom. The van der Waals surface area contributed by atoms with Gasteiger partial charge in [0.15, 0.2) is 0 Å². The molecule has 11 rings (SSSR count). The van der Waals surface area contributed by atoms with Crippen LogP contribution in [0.4, 0.5) is 17.1 Å². The molecule has 55 heavy (non-hydrogen) atoms. The Kier molecular flexibility index (Phi) is 7.11. The highest BCUT2D eigenvalue weighted by Gasteiger charge is 2.47. The average molecular weight is 702 g/mol. The number of anilines is 3. The molecule has 0 N–H and O–H groups in total. The second kappa shape index (κ2) is 12.5. The van der Waals surface area contributed by atoms with E-state index in [4.69, 9.17) is 4.42 Å². The van der Waals surface area contributed by atoms with Gasteiger partial charge < -0.3 is 9.32 Å². The fraction of sp³-hybridized carbons (Fsp3) is 0.0189. The first-order valence-corrected chi connectivity index (χ1v) is 18.9. The predicted octanol–water partition coefficient (Wildman–Crippen LogP) is 14.2. The highest BCUT2D eigenvalue weighted by molar-refractivity contribution is 6.14. The molecule has 0 fully saturated rings. The predicted molar refractivity (Wildman–Crippen MR) is 229 cm³/mol. The van der Waals surface area contributed by atoms with Crippen molar-refractivity contribution in [3.8, 4) is 22.3 Å². The van der Waals surface area contributed by atoms with Crippen LogP contribution in [-0.4, -0.2) is 0 Å². The normalized spacial score (nSPS) is 12.9. The molecule has 0 radical (unpaired) electrons. The number of hydrogen-bond acceptors (Lipinski definition) is 2. The van der Waals surface area contributed by atoms with Crippen LogP contribution in [0.1, 0.15) is 22.3 Å². The monoisotopic (exact) mass is 701 g/mol. The molecule has 1 aliphatic carbocycles. The molecule has 1 aliphatic rings. The van der Waals surface area contributed by atoms with Crippen LogP contribution in [0.15, 0.2) is 217 Å². The minimum absolute atomic E-state index is 0.504. The Hall–Kier alpha value is -7.16. The molecule has 1 heterocycles. The van der Waals surface area contributed by atoms with E-state index in [0.717, 1.165) is 50.1 Å². The van der Waals surface area contributed by atoms with Crippen LogP contribution in [0, 0.1) is 0 Å². The molecule has 0 saturated heterocycles. The summed E-state index contributed by atoms with van der Waals surface area (Å²) in [6, 6.07) is 76.9. The van der Waals surface area contributed by atoms with Crippen LogP contribution in [0.25, 0.3) is 55.0 Å². The van der Waals surface area contributed by atoms with Gasteiger partial charge in [-0.15, -0.1) is 0 Å². The van der Waals surface area contributed by atoms with Crippen molar-refractivity contribution >= 4 is 49.8 Å². The number of nitrogens with zero attached hydrogens (tertiary/aromatic N) is 1. The summed E-state index contributed by atoms with van der Waals surface area (Å²) in [4.78, 5) is 2.45. The zero-order chi connectivity index (χ0) is 36.3. The van der Waals surface area contributed by atoms with E-state index >= 15 is 0 Å². The van der Waals surface area contributed by atoms with Gasteiger partial charge in [-0.25, -0.2) is 0 Å². The third-order valence-electron chi connectivity index (χ3n) is 11.5. The summed E-state index contributed by atoms with van der Waals surface area (Å²) in [6.07, 6.45) is 0. The second-order valence-corrected chi connectivity index (χ2v) is 14.4. The average Bonchev–Trinajstić information content (AvgIpc) is 3.78. The van der Waals surface area contributed by atoms with Gasteiger partial charge in [0.05, 0.1) is 16.8 Å². The van der Waals surface area contributed by atoms with Crippen LogP contribution < -0.4 is 4.90 Å². The molecule has 9 aromatic carbocycles. The van der Waals surface area contributed by atoms with Gasteiger partial charge >= 0.3 is 0 Å². The quantitative estimate of drug-likeness (QED) is 0.172. The summed E-state index contributed by atoms with van der Waals surface area (Å²) in [6.45, 7) is 0. The van der Waals surface area contributed by atoms with Gasteiger partial charge in [-0.1, -0.05) is 176 Å². The van der Waals surface area contributed by atoms with Gasteiger partial charge in [-0.05, 0) is 75.0 Å². The van der Waals surface area contributed by atoms with Crippen LogP contribution in [-0.2, 0) is 5.41 Å². The highest BCUT2D eigenvalue weighted by Crippen LogP contribution is 2.60. The smallest absolute Gasteiger partial charge is 0.143 e. The lowest BCUT2D eigenvalue weighted by Crippen LogP contribution is -2.28. The number of furan rings is 1. The van der Waals surface area contributed by atoms with E-state index in [1.54, 1.807) is 0 Å². The molecule has 0 atom stereocenters. The van der Waals surface area contributed by atoms with Gasteiger partial charge in [0.25, 0.3) is 0 Å². The minimum Gasteiger partial charge on any atom is -0.455 e. The van der Waals surface area contributed by atoms with Gasteiger partial charge in [-0.3, -0.25) is 0 Å². The SMILES string of the molecule is c1ccc(N(c2ccccc2-c2cccc3c2oc2cc4ccccc4cc23)c2cccc3c2-c2ccccc2C3(c2ccccc2)c2ccccc2)cc1. The summed E-state index contributed by atoms with van der Waals surface area (Å²) in [5, 5.41) is 4.62. The van der Waals surface area contributed by atoms with Crippen molar-refractivity contribution in [3.63, 3.8) is 0 Å². The van der Waals surface area contributed by atoms with Crippen LogP contribution in [0.5, 0.6) is 0 Å². The van der Waals surface area contributed by atoms with Gasteiger partial charge in [0.1, 0.15) is 11.2 Å². The van der Waals surface area contributed by atoms with E-state index in [9.17, 15) is 0 Å². The van der Waals surface area contributed by atoms with E-state index in [0.29, 0.717) is 0 Å². The second-order valence-electron chi connectivity index (χ2n) is 14.4. The molecule has 2 heteroatoms. The lowest BCUT2D eigenvalue weighted by Gasteiger charge is -2.34. The molecule has 0 bridgehead atoms. The Morgan fingerprint density at radius 3 is 1.67 bits per heavy atom. The molecule has 0 aliphatic heterocycles. The summed E-state index contributed by atoms with van der Waals surface area (Å²) in [7, 11) is 0. The molecule has 0 amide bonds. The fourth-order valence-corrected chi connectivity index (χ4v) is 9.24. The van der Waals surface area contributed by atoms with E-state index in [1.807, 2.05) is 0 Å². The van der Waals surface area contributed by atoms with Gasteiger partial charge in [0.2, 0.25) is 0 Å². The molecule has 0 unspecified atom stereocenters. The highest BCUT2D eigenvalue weighted by atomic mass is 16.3. The van der Waals surface area contributed by atoms with Crippen molar-refractivity contribution in [1.29, 1.82) is 0 Å². The standard InChI is InChI=1S/C53H35NO/c1-4-20-38(21-5-1)53(39-22-6-2-7-23-39)46-30-14-12-27-44(46)51-47(53)31-17-33-49(51)54(40-24-8-3-9-25-40)48-32-15-13-26-41(48)42-28-16-29-43-45-34-36-18-10-11-19-37(36)35-50(45)55-52(42)43/h1-35H. The maximum absolute atomic E-state index is 6.82. The largest absolute Gasteiger partial charge is 0.455 e. The summed E-state index contributed by atoms with van der Waals surface area (Å²) in [5.41, 5.74) is 14.3. The third-order valence-corrected chi connectivity index (χ3v) is 11.5. The first-order valence-electron chi connectivity index (χ1n) is 18.9. The minimum atomic E-state index is -0.504. The van der Waals surface area contributed by atoms with Crippen molar-refractivity contribution in [3.05, 3.63) is 235 Å². The summed E-state index contributed by atoms with van der Waals surface area (Å²) >= 11 is 0. The molecule has 10 aromatic rings. The maximum Gasteiger partial charge on any atom is 0.143 e. The summed E-state index contributed by atoms with van der Waals surface area (Å²) in [5.74, 6) is 0. The fourth-order valence-electron chi connectivity index (χ4n) is 9.24. The molecule has 258 valence electrons. The molecule has 2 nitrogen and oxygen atoms in total. The van der Waals surface area contributed by atoms with E-state index in [-0.39, 0.29) is 0 Å². The zero-order valence-corrected chi connectivity index (χ0v) is 30.1. The van der Waals surface area contributed by atoms with E-state index < -0.39 is 5.41 Å². The molecular weight excluding hydrogens is 667 g/mol. The zero-order valence-electron chi connectivity index (χ0n) is 30.1. The van der Waals surface area contributed by atoms with Crippen LogP contribution in [0.3, 0.4) is 0 Å². The number of fused-ring (bicyclic) bond motifs is 7. The van der Waals surface area contributed by atoms with Crippen molar-refractivity contribution in [2.45, 2.75) is 5.41 Å². The molecule has 0 spiro atoms. The van der Waals surface area contributed by atoms with E-state index in [1.165, 1.54) is 44.2 Å². The topological polar surface area (TPSA) is 16.4 Å². The lowest BCUT2D eigenvalue weighted by molar-refractivity contribution is 0.670. The number of rotatable bonds is 6. The van der Waals surface area contributed by atoms with Gasteiger partial charge in [0, 0.05) is 33.2 Å².